The van der Waals surface area contributed by atoms with E-state index in [1.165, 1.54) is 6.26 Å². The molecular weight excluding hydrogens is 202 g/mol. The molecular formula is C9H17NO3S. The lowest BCUT2D eigenvalue weighted by Gasteiger charge is -2.09. The quantitative estimate of drug-likeness (QED) is 0.688. The summed E-state index contributed by atoms with van der Waals surface area (Å²) in [6.45, 7) is 0.407. The van der Waals surface area contributed by atoms with Gasteiger partial charge in [-0.2, -0.15) is 0 Å². The van der Waals surface area contributed by atoms with Crippen molar-refractivity contribution in [3.8, 4) is 0 Å². The van der Waals surface area contributed by atoms with Crippen LogP contribution in [0.5, 0.6) is 0 Å². The molecule has 0 radical (unpaired) electrons. The van der Waals surface area contributed by atoms with Gasteiger partial charge in [0.25, 0.3) is 0 Å². The van der Waals surface area contributed by atoms with Crippen LogP contribution in [-0.2, 0) is 14.6 Å². The van der Waals surface area contributed by atoms with Crippen LogP contribution >= 0.6 is 0 Å². The summed E-state index contributed by atoms with van der Waals surface area (Å²) in [5, 5.41) is 0. The molecule has 0 saturated heterocycles. The molecule has 14 heavy (non-hydrogen) atoms. The monoisotopic (exact) mass is 219 g/mol. The van der Waals surface area contributed by atoms with Crippen LogP contribution in [0.25, 0.3) is 0 Å². The second kappa shape index (κ2) is 3.98. The second-order valence-electron chi connectivity index (χ2n) is 4.14. The SMILES string of the molecule is CS(=O)(=O)CCCC(=O)C1(CN)CC1. The number of carbonyl (C=O) groups excluding carboxylic acids is 1. The number of hydrogen-bond donors (Lipinski definition) is 1. The normalized spacial score (nSPS) is 19.3. The first-order valence-electron chi connectivity index (χ1n) is 4.81. The number of nitrogens with two attached hydrogens (primary N) is 1. The van der Waals surface area contributed by atoms with Crippen LogP contribution in [0.4, 0.5) is 0 Å². The van der Waals surface area contributed by atoms with Crippen LogP contribution in [0.3, 0.4) is 0 Å². The maximum atomic E-state index is 11.6. The minimum absolute atomic E-state index is 0.0966. The molecule has 0 atom stereocenters. The fourth-order valence-electron chi connectivity index (χ4n) is 1.51. The van der Waals surface area contributed by atoms with E-state index in [1.807, 2.05) is 0 Å². The Morgan fingerprint density at radius 1 is 1.43 bits per heavy atom. The third kappa shape index (κ3) is 3.06. The highest BCUT2D eigenvalue weighted by molar-refractivity contribution is 7.90. The standard InChI is InChI=1S/C9H17NO3S/c1-14(12,13)6-2-3-8(11)9(7-10)4-5-9/h2-7,10H2,1H3. The van der Waals surface area contributed by atoms with Gasteiger partial charge in [0, 0.05) is 24.6 Å². The van der Waals surface area contributed by atoms with Gasteiger partial charge in [0.15, 0.2) is 0 Å². The van der Waals surface area contributed by atoms with Gasteiger partial charge in [0.2, 0.25) is 0 Å². The van der Waals surface area contributed by atoms with Gasteiger partial charge in [-0.15, -0.1) is 0 Å². The van der Waals surface area contributed by atoms with Crippen molar-refractivity contribution in [2.45, 2.75) is 25.7 Å². The Morgan fingerprint density at radius 3 is 2.36 bits per heavy atom. The fraction of sp³-hybridized carbons (Fsp3) is 0.889. The number of rotatable bonds is 6. The Morgan fingerprint density at radius 2 is 2.00 bits per heavy atom. The van der Waals surface area contributed by atoms with Crippen molar-refractivity contribution in [1.29, 1.82) is 0 Å². The van der Waals surface area contributed by atoms with Crippen molar-refractivity contribution in [3.05, 3.63) is 0 Å². The van der Waals surface area contributed by atoms with Crippen LogP contribution in [0.1, 0.15) is 25.7 Å². The lowest BCUT2D eigenvalue weighted by Crippen LogP contribution is -2.25. The molecule has 0 unspecified atom stereocenters. The molecule has 4 nitrogen and oxygen atoms in total. The number of Topliss-reactive ketones (excluding diaryl/α,β-unsaturated/α-hetero) is 1. The van der Waals surface area contributed by atoms with Crippen molar-refractivity contribution < 1.29 is 13.2 Å². The van der Waals surface area contributed by atoms with E-state index in [-0.39, 0.29) is 17.0 Å². The number of hydrogen-bond acceptors (Lipinski definition) is 4. The van der Waals surface area contributed by atoms with Gasteiger partial charge in [-0.25, -0.2) is 8.42 Å². The van der Waals surface area contributed by atoms with Crippen LogP contribution in [0.2, 0.25) is 0 Å². The van der Waals surface area contributed by atoms with Crippen molar-refractivity contribution >= 4 is 15.6 Å². The van der Waals surface area contributed by atoms with E-state index in [2.05, 4.69) is 0 Å². The predicted octanol–water partition coefficient (Wildman–Crippen LogP) is 0.119. The smallest absolute Gasteiger partial charge is 0.147 e. The summed E-state index contributed by atoms with van der Waals surface area (Å²) in [7, 11) is -2.94. The van der Waals surface area contributed by atoms with Crippen molar-refractivity contribution in [1.82, 2.24) is 0 Å². The van der Waals surface area contributed by atoms with E-state index in [9.17, 15) is 13.2 Å². The van der Waals surface area contributed by atoms with Gasteiger partial charge in [0.1, 0.15) is 15.6 Å². The molecule has 0 spiro atoms. The lowest BCUT2D eigenvalue weighted by atomic mass is 9.98. The summed E-state index contributed by atoms with van der Waals surface area (Å²) in [5.41, 5.74) is 5.21. The first kappa shape index (κ1) is 11.7. The van der Waals surface area contributed by atoms with Crippen molar-refractivity contribution in [3.63, 3.8) is 0 Å². The van der Waals surface area contributed by atoms with Gasteiger partial charge in [-0.3, -0.25) is 4.79 Å². The molecule has 0 heterocycles. The summed E-state index contributed by atoms with van der Waals surface area (Å²) in [4.78, 5) is 11.6. The minimum Gasteiger partial charge on any atom is -0.329 e. The minimum atomic E-state index is -2.94. The first-order chi connectivity index (χ1) is 6.40. The van der Waals surface area contributed by atoms with Crippen molar-refractivity contribution in [2.75, 3.05) is 18.6 Å². The zero-order valence-corrected chi connectivity index (χ0v) is 9.27. The molecule has 0 amide bonds. The summed E-state index contributed by atoms with van der Waals surface area (Å²) in [6.07, 6.45) is 3.72. The molecule has 0 aromatic rings. The Hall–Kier alpha value is -0.420. The number of sulfone groups is 1. The van der Waals surface area contributed by atoms with Crippen LogP contribution in [-0.4, -0.2) is 32.8 Å². The average molecular weight is 219 g/mol. The Balaban J connectivity index is 2.29. The highest BCUT2D eigenvalue weighted by atomic mass is 32.2. The highest BCUT2D eigenvalue weighted by Crippen LogP contribution is 2.46. The first-order valence-corrected chi connectivity index (χ1v) is 6.87. The topological polar surface area (TPSA) is 77.2 Å². The van der Waals surface area contributed by atoms with E-state index >= 15 is 0 Å². The predicted molar refractivity (Wildman–Crippen MR) is 54.7 cm³/mol. The molecule has 1 saturated carbocycles. The van der Waals surface area contributed by atoms with Gasteiger partial charge in [-0.05, 0) is 19.3 Å². The molecule has 1 fully saturated rings. The summed E-state index contributed by atoms with van der Waals surface area (Å²) < 4.78 is 21.6. The maximum Gasteiger partial charge on any atom is 0.147 e. The zero-order chi connectivity index (χ0) is 10.8. The average Bonchev–Trinajstić information content (AvgIpc) is 2.81. The lowest BCUT2D eigenvalue weighted by molar-refractivity contribution is -0.123. The largest absolute Gasteiger partial charge is 0.329 e. The van der Waals surface area contributed by atoms with Gasteiger partial charge in [-0.1, -0.05) is 0 Å². The Kier molecular flexibility index (Phi) is 3.32. The molecule has 82 valence electrons. The third-order valence-corrected chi connectivity index (χ3v) is 3.79. The number of ketones is 1. The van der Waals surface area contributed by atoms with Crippen molar-refractivity contribution in [2.24, 2.45) is 11.1 Å². The zero-order valence-electron chi connectivity index (χ0n) is 8.45. The van der Waals surface area contributed by atoms with E-state index in [1.54, 1.807) is 0 Å². The van der Waals surface area contributed by atoms with Crippen LogP contribution in [0, 0.1) is 5.41 Å². The van der Waals surface area contributed by atoms with E-state index in [4.69, 9.17) is 5.73 Å². The molecule has 0 aliphatic heterocycles. The van der Waals surface area contributed by atoms with Gasteiger partial charge in [0.05, 0.1) is 5.75 Å². The molecule has 2 N–H and O–H groups in total. The van der Waals surface area contributed by atoms with Crippen LogP contribution < -0.4 is 5.73 Å². The summed E-state index contributed by atoms with van der Waals surface area (Å²) >= 11 is 0. The fourth-order valence-corrected chi connectivity index (χ4v) is 2.18. The second-order valence-corrected chi connectivity index (χ2v) is 6.40. The summed E-state index contributed by atoms with van der Waals surface area (Å²) in [5.74, 6) is 0.239. The molecule has 0 bridgehead atoms. The van der Waals surface area contributed by atoms with Gasteiger partial charge < -0.3 is 5.73 Å². The Labute approximate surface area is 84.8 Å². The van der Waals surface area contributed by atoms with Gasteiger partial charge >= 0.3 is 0 Å². The highest BCUT2D eigenvalue weighted by Gasteiger charge is 2.47. The number of carbonyl (C=O) groups is 1. The molecule has 0 aromatic carbocycles. The maximum absolute atomic E-state index is 11.6. The van der Waals surface area contributed by atoms with Crippen LogP contribution in [0.15, 0.2) is 0 Å². The molecule has 5 heteroatoms. The molecule has 1 aliphatic carbocycles. The molecule has 0 aromatic heterocycles. The van der Waals surface area contributed by atoms with E-state index < -0.39 is 9.84 Å². The summed E-state index contributed by atoms with van der Waals surface area (Å²) in [6, 6.07) is 0. The molecule has 1 aliphatic rings. The third-order valence-electron chi connectivity index (χ3n) is 2.75. The van der Waals surface area contributed by atoms with E-state index in [0.717, 1.165) is 12.8 Å². The Bertz CT molecular complexity index is 317. The molecule has 1 rings (SSSR count). The van der Waals surface area contributed by atoms with E-state index in [0.29, 0.717) is 19.4 Å².